The standard InChI is InChI=1S/C21H22N6O/c1-3-12-4-5-24-10-16(12)18-7-13-8-19(25-11-17(13)20(22)26-18)27-21(28)15-6-14(15)9-23-2/h4-5,7-11,14-15H,3,6H2,1-2H3,(H2,22,26)(H,25,27,28)/t14-,15+/m1/s1. The van der Waals surface area contributed by atoms with Gasteiger partial charge in [-0.1, -0.05) is 6.92 Å². The highest BCUT2D eigenvalue weighted by atomic mass is 16.2. The maximum Gasteiger partial charge on any atom is 0.229 e. The Morgan fingerprint density at radius 3 is 3.04 bits per heavy atom. The summed E-state index contributed by atoms with van der Waals surface area (Å²) in [6.45, 7) is 2.09. The fourth-order valence-corrected chi connectivity index (χ4v) is 3.43. The number of nitrogens with two attached hydrogens (primary N) is 1. The molecular formula is C21H22N6O. The van der Waals surface area contributed by atoms with Crippen molar-refractivity contribution in [2.75, 3.05) is 18.1 Å². The quantitative estimate of drug-likeness (QED) is 0.668. The summed E-state index contributed by atoms with van der Waals surface area (Å²) in [6.07, 6.45) is 8.77. The zero-order valence-corrected chi connectivity index (χ0v) is 15.9. The molecule has 3 heterocycles. The average molecular weight is 374 g/mol. The Balaban J connectivity index is 1.66. The zero-order chi connectivity index (χ0) is 19.7. The molecule has 0 saturated heterocycles. The van der Waals surface area contributed by atoms with E-state index in [-0.39, 0.29) is 17.7 Å². The minimum absolute atomic E-state index is 0.0261. The van der Waals surface area contributed by atoms with Crippen molar-refractivity contribution in [3.8, 4) is 11.3 Å². The van der Waals surface area contributed by atoms with Gasteiger partial charge in [-0.2, -0.15) is 0 Å². The average Bonchev–Trinajstić information content (AvgIpc) is 3.47. The number of nitrogens with one attached hydrogen (secondary N) is 1. The third-order valence-electron chi connectivity index (χ3n) is 5.08. The minimum Gasteiger partial charge on any atom is -0.383 e. The van der Waals surface area contributed by atoms with E-state index in [1.54, 1.807) is 25.6 Å². The van der Waals surface area contributed by atoms with Crippen molar-refractivity contribution in [3.05, 3.63) is 42.4 Å². The van der Waals surface area contributed by atoms with E-state index >= 15 is 0 Å². The van der Waals surface area contributed by atoms with E-state index in [2.05, 4.69) is 32.2 Å². The Bertz CT molecular complexity index is 1080. The number of hydrogen-bond donors (Lipinski definition) is 2. The Labute approximate surface area is 163 Å². The first-order valence-electron chi connectivity index (χ1n) is 9.33. The smallest absolute Gasteiger partial charge is 0.229 e. The Morgan fingerprint density at radius 1 is 1.39 bits per heavy atom. The number of carbonyl (C=O) groups is 1. The molecule has 0 spiro atoms. The molecular weight excluding hydrogens is 352 g/mol. The van der Waals surface area contributed by atoms with Gasteiger partial charge < -0.3 is 16.0 Å². The van der Waals surface area contributed by atoms with E-state index in [0.717, 1.165) is 40.4 Å². The second-order valence-electron chi connectivity index (χ2n) is 6.97. The summed E-state index contributed by atoms with van der Waals surface area (Å²) in [4.78, 5) is 29.5. The van der Waals surface area contributed by atoms with Crippen molar-refractivity contribution < 1.29 is 4.79 Å². The number of pyridine rings is 3. The summed E-state index contributed by atoms with van der Waals surface area (Å²) < 4.78 is 0. The van der Waals surface area contributed by atoms with Crippen LogP contribution in [0.5, 0.6) is 0 Å². The first kappa shape index (κ1) is 18.0. The molecule has 0 radical (unpaired) electrons. The molecule has 4 rings (SSSR count). The third kappa shape index (κ3) is 3.43. The molecule has 7 heteroatoms. The van der Waals surface area contributed by atoms with Crippen molar-refractivity contribution in [2.45, 2.75) is 19.8 Å². The number of anilines is 2. The van der Waals surface area contributed by atoms with Gasteiger partial charge in [-0.05, 0) is 42.0 Å². The van der Waals surface area contributed by atoms with Crippen LogP contribution in [0.2, 0.25) is 0 Å². The molecule has 0 unspecified atom stereocenters. The normalized spacial score (nSPS) is 18.5. The van der Waals surface area contributed by atoms with Gasteiger partial charge in [-0.15, -0.1) is 0 Å². The van der Waals surface area contributed by atoms with E-state index in [9.17, 15) is 4.79 Å². The second-order valence-corrected chi connectivity index (χ2v) is 6.97. The highest BCUT2D eigenvalue weighted by Gasteiger charge is 2.41. The highest BCUT2D eigenvalue weighted by Crippen LogP contribution is 2.38. The fourth-order valence-electron chi connectivity index (χ4n) is 3.43. The molecule has 2 atom stereocenters. The monoisotopic (exact) mass is 374 g/mol. The molecule has 142 valence electrons. The lowest BCUT2D eigenvalue weighted by Crippen LogP contribution is -2.16. The predicted molar refractivity (Wildman–Crippen MR) is 111 cm³/mol. The number of nitrogen functional groups attached to an aromatic ring is 1. The number of hydrogen-bond acceptors (Lipinski definition) is 6. The predicted octanol–water partition coefficient (Wildman–Crippen LogP) is 3.11. The van der Waals surface area contributed by atoms with Crippen LogP contribution in [0, 0.1) is 11.8 Å². The lowest BCUT2D eigenvalue weighted by atomic mass is 10.0. The third-order valence-corrected chi connectivity index (χ3v) is 5.08. The molecule has 1 aliphatic carbocycles. The maximum atomic E-state index is 12.4. The number of aliphatic imine (C=N–C) groups is 1. The van der Waals surface area contributed by atoms with Crippen LogP contribution < -0.4 is 11.1 Å². The van der Waals surface area contributed by atoms with Crippen LogP contribution >= 0.6 is 0 Å². The van der Waals surface area contributed by atoms with Crippen LogP contribution in [0.25, 0.3) is 22.0 Å². The summed E-state index contributed by atoms with van der Waals surface area (Å²) in [6, 6.07) is 5.78. The molecule has 1 aliphatic rings. The number of rotatable bonds is 5. The van der Waals surface area contributed by atoms with Gasteiger partial charge >= 0.3 is 0 Å². The first-order chi connectivity index (χ1) is 13.6. The summed E-state index contributed by atoms with van der Waals surface area (Å²) in [5.41, 5.74) is 9.05. The molecule has 1 amide bonds. The summed E-state index contributed by atoms with van der Waals surface area (Å²) >= 11 is 0. The lowest BCUT2D eigenvalue weighted by molar-refractivity contribution is -0.117. The van der Waals surface area contributed by atoms with Crippen LogP contribution in [0.3, 0.4) is 0 Å². The van der Waals surface area contributed by atoms with Gasteiger partial charge in [0.15, 0.2) is 0 Å². The van der Waals surface area contributed by atoms with Gasteiger partial charge in [0.25, 0.3) is 0 Å². The SMILES string of the molecule is CCc1ccncc1-c1cc2cc(NC(=O)[C@H]3C[C@@H]3C=NC)ncc2c(N)n1. The highest BCUT2D eigenvalue weighted by molar-refractivity contribution is 5.99. The number of aryl methyl sites for hydroxylation is 1. The van der Waals surface area contributed by atoms with Crippen molar-refractivity contribution in [1.82, 2.24) is 15.0 Å². The number of fused-ring (bicyclic) bond motifs is 1. The van der Waals surface area contributed by atoms with E-state index in [4.69, 9.17) is 5.73 Å². The van der Waals surface area contributed by atoms with Crippen molar-refractivity contribution >= 4 is 34.5 Å². The molecule has 3 N–H and O–H groups in total. The van der Waals surface area contributed by atoms with Gasteiger partial charge in [0.2, 0.25) is 5.91 Å². The van der Waals surface area contributed by atoms with Crippen molar-refractivity contribution in [2.24, 2.45) is 16.8 Å². The second kappa shape index (κ2) is 7.34. The number of aromatic nitrogens is 3. The van der Waals surface area contributed by atoms with Crippen LogP contribution in [-0.4, -0.2) is 34.1 Å². The van der Waals surface area contributed by atoms with Gasteiger partial charge in [-0.3, -0.25) is 9.78 Å². The number of nitrogens with zero attached hydrogens (tertiary/aromatic N) is 4. The largest absolute Gasteiger partial charge is 0.383 e. The summed E-state index contributed by atoms with van der Waals surface area (Å²) in [5.74, 6) is 1.09. The van der Waals surface area contributed by atoms with E-state index < -0.39 is 0 Å². The van der Waals surface area contributed by atoms with Gasteiger partial charge in [0, 0.05) is 54.6 Å². The van der Waals surface area contributed by atoms with E-state index in [1.165, 1.54) is 0 Å². The van der Waals surface area contributed by atoms with Gasteiger partial charge in [0.1, 0.15) is 11.6 Å². The molecule has 7 nitrogen and oxygen atoms in total. The van der Waals surface area contributed by atoms with Crippen LogP contribution in [-0.2, 0) is 11.2 Å². The lowest BCUT2D eigenvalue weighted by Gasteiger charge is -2.11. The fraction of sp³-hybridized carbons (Fsp3) is 0.286. The topological polar surface area (TPSA) is 106 Å². The van der Waals surface area contributed by atoms with E-state index in [1.807, 2.05) is 24.4 Å². The maximum absolute atomic E-state index is 12.4. The molecule has 0 aliphatic heterocycles. The molecule has 0 bridgehead atoms. The van der Waals surface area contributed by atoms with Crippen molar-refractivity contribution in [3.63, 3.8) is 0 Å². The molecule has 3 aromatic rings. The summed E-state index contributed by atoms with van der Waals surface area (Å²) in [5, 5.41) is 4.53. The molecule has 1 fully saturated rings. The molecule has 1 saturated carbocycles. The first-order valence-corrected chi connectivity index (χ1v) is 9.33. The van der Waals surface area contributed by atoms with Gasteiger partial charge in [-0.25, -0.2) is 9.97 Å². The molecule has 28 heavy (non-hydrogen) atoms. The van der Waals surface area contributed by atoms with Crippen LogP contribution in [0.1, 0.15) is 18.9 Å². The van der Waals surface area contributed by atoms with Crippen LogP contribution in [0.4, 0.5) is 11.6 Å². The van der Waals surface area contributed by atoms with Gasteiger partial charge in [0.05, 0.1) is 5.69 Å². The molecule has 0 aromatic carbocycles. The van der Waals surface area contributed by atoms with E-state index in [0.29, 0.717) is 11.6 Å². The summed E-state index contributed by atoms with van der Waals surface area (Å²) in [7, 11) is 1.72. The zero-order valence-electron chi connectivity index (χ0n) is 15.9. The number of carbonyl (C=O) groups excluding carboxylic acids is 1. The minimum atomic E-state index is -0.0282. The van der Waals surface area contributed by atoms with Crippen LogP contribution in [0.15, 0.2) is 41.8 Å². The molecule has 3 aromatic heterocycles. The Kier molecular flexibility index (Phi) is 4.73. The Morgan fingerprint density at radius 2 is 2.25 bits per heavy atom. The Hall–Kier alpha value is -3.35. The van der Waals surface area contributed by atoms with Crippen molar-refractivity contribution in [1.29, 1.82) is 0 Å². The number of amides is 1.